The van der Waals surface area contributed by atoms with Gasteiger partial charge in [0.1, 0.15) is 0 Å². The van der Waals surface area contributed by atoms with Gasteiger partial charge in [0.05, 0.1) is 28.9 Å². The van der Waals surface area contributed by atoms with Crippen molar-refractivity contribution in [3.8, 4) is 0 Å². The summed E-state index contributed by atoms with van der Waals surface area (Å²) in [5.41, 5.74) is 10.5. The van der Waals surface area contributed by atoms with Gasteiger partial charge in [0, 0.05) is 22.1 Å². The highest BCUT2D eigenvalue weighted by Crippen LogP contribution is 2.67. The molecule has 8 bridgehead atoms. The number of aliphatic hydroxyl groups excluding tert-OH is 1. The number of hydrogen-bond donors (Lipinski definition) is 3. The summed E-state index contributed by atoms with van der Waals surface area (Å²) in [6.07, 6.45) is 25.3. The van der Waals surface area contributed by atoms with E-state index in [4.69, 9.17) is 0 Å². The molecule has 8 atom stereocenters. The van der Waals surface area contributed by atoms with E-state index in [9.17, 15) is 5.11 Å². The van der Waals surface area contributed by atoms with Crippen molar-refractivity contribution in [3.05, 3.63) is 83.0 Å². The van der Waals surface area contributed by atoms with E-state index in [2.05, 4.69) is 84.9 Å². The van der Waals surface area contributed by atoms with Crippen molar-refractivity contribution >= 4 is 46.4 Å². The number of nitrogens with zero attached hydrogens (tertiary/aromatic N) is 2. The summed E-state index contributed by atoms with van der Waals surface area (Å²) in [5, 5.41) is 10.2. The molecule has 52 heavy (non-hydrogen) atoms. The minimum atomic E-state index is -0.0766. The third kappa shape index (κ3) is 7.02. The Morgan fingerprint density at radius 2 is 1.27 bits per heavy atom. The number of fused-ring (bicyclic) bond motifs is 13. The van der Waals surface area contributed by atoms with Crippen LogP contribution in [-0.2, 0) is 0 Å². The van der Waals surface area contributed by atoms with E-state index in [0.29, 0.717) is 10.8 Å². The quantitative estimate of drug-likeness (QED) is 0.160. The third-order valence-electron chi connectivity index (χ3n) is 14.3. The summed E-state index contributed by atoms with van der Waals surface area (Å²) >= 11 is 0. The van der Waals surface area contributed by atoms with Gasteiger partial charge in [0.15, 0.2) is 0 Å². The van der Waals surface area contributed by atoms with Crippen LogP contribution < -0.4 is 0 Å². The molecule has 5 heterocycles. The van der Waals surface area contributed by atoms with Crippen LogP contribution in [0.5, 0.6) is 0 Å². The molecular formula is C47H60N4O. The van der Waals surface area contributed by atoms with E-state index in [1.807, 2.05) is 48.6 Å². The Morgan fingerprint density at radius 1 is 0.712 bits per heavy atom. The van der Waals surface area contributed by atoms with E-state index in [1.54, 1.807) is 5.57 Å². The first-order valence-electron chi connectivity index (χ1n) is 20.5. The Kier molecular flexibility index (Phi) is 9.70. The Hall–Kier alpha value is -3.70. The third-order valence-corrected chi connectivity index (χ3v) is 14.3. The lowest BCUT2D eigenvalue weighted by molar-refractivity contribution is -0.0573. The number of rotatable bonds is 5. The van der Waals surface area contributed by atoms with Gasteiger partial charge >= 0.3 is 0 Å². The zero-order valence-electron chi connectivity index (χ0n) is 32.2. The van der Waals surface area contributed by atoms with Crippen molar-refractivity contribution in [2.45, 2.75) is 111 Å². The average Bonchev–Trinajstić information content (AvgIpc) is 3.95. The summed E-state index contributed by atoms with van der Waals surface area (Å²) < 4.78 is 0. The van der Waals surface area contributed by atoms with Gasteiger partial charge in [0.2, 0.25) is 0 Å². The second-order valence-corrected chi connectivity index (χ2v) is 18.1. The minimum Gasteiger partial charge on any atom is -0.393 e. The monoisotopic (exact) mass is 696 g/mol. The fourth-order valence-electron chi connectivity index (χ4n) is 11.6. The summed E-state index contributed by atoms with van der Waals surface area (Å²) in [7, 11) is 0. The van der Waals surface area contributed by atoms with Crippen molar-refractivity contribution in [2.24, 2.45) is 46.3 Å². The summed E-state index contributed by atoms with van der Waals surface area (Å²) in [5.74, 6) is 5.46. The standard InChI is InChI=1S/C27H46O.C20H14N4/c1-18(2)7-6-8-19(3)23-11-12-24-22-10-9-20-17-21(28)13-15-26(20,4)25(22)14-16-27(23,24)5;1-2-14-10-16-5-6-18(23-16)12-20-8-7-19(24-20)11-17-4-3-15(22-17)9-13(1)21-14/h9,18-19,21-25,28H,6-8,10-17H2,1-5H3;1-12,21,24H/t19-,21+,22+,23-,24+,25+,26+,27-;/m1./s1. The van der Waals surface area contributed by atoms with Gasteiger partial charge in [-0.25, -0.2) is 9.97 Å². The lowest BCUT2D eigenvalue weighted by atomic mass is 9.47. The topological polar surface area (TPSA) is 77.6 Å². The van der Waals surface area contributed by atoms with Crippen LogP contribution in [0, 0.1) is 46.3 Å². The molecule has 5 nitrogen and oxygen atoms in total. The van der Waals surface area contributed by atoms with Gasteiger partial charge in [-0.05, 0) is 171 Å². The Balaban J connectivity index is 0.000000150. The van der Waals surface area contributed by atoms with Gasteiger partial charge in [-0.2, -0.15) is 0 Å². The highest BCUT2D eigenvalue weighted by atomic mass is 16.3. The lowest BCUT2D eigenvalue weighted by Gasteiger charge is -2.58. The average molecular weight is 697 g/mol. The highest BCUT2D eigenvalue weighted by Gasteiger charge is 2.59. The second-order valence-electron chi connectivity index (χ2n) is 18.1. The molecule has 0 spiro atoms. The molecule has 9 rings (SSSR count). The highest BCUT2D eigenvalue weighted by molar-refractivity contribution is 5.77. The summed E-state index contributed by atoms with van der Waals surface area (Å²) in [4.78, 5) is 16.0. The van der Waals surface area contributed by atoms with Crippen molar-refractivity contribution in [3.63, 3.8) is 0 Å². The fourth-order valence-corrected chi connectivity index (χ4v) is 11.6. The lowest BCUT2D eigenvalue weighted by Crippen LogP contribution is -2.50. The maximum absolute atomic E-state index is 10.2. The molecule has 0 saturated heterocycles. The van der Waals surface area contributed by atoms with Crippen LogP contribution in [-0.4, -0.2) is 31.1 Å². The molecule has 6 aliphatic rings. The fraction of sp³-hybridized carbons (Fsp3) is 0.532. The number of hydrogen-bond acceptors (Lipinski definition) is 3. The predicted molar refractivity (Wildman–Crippen MR) is 218 cm³/mol. The zero-order chi connectivity index (χ0) is 36.0. The van der Waals surface area contributed by atoms with Crippen LogP contribution in [0.1, 0.15) is 128 Å². The largest absolute Gasteiger partial charge is 0.393 e. The van der Waals surface area contributed by atoms with Gasteiger partial charge in [-0.15, -0.1) is 0 Å². The first-order valence-corrected chi connectivity index (χ1v) is 20.5. The molecule has 3 fully saturated rings. The molecule has 0 amide bonds. The number of aromatic nitrogens is 4. The van der Waals surface area contributed by atoms with Crippen LogP contribution in [0.15, 0.2) is 60.2 Å². The molecule has 274 valence electrons. The van der Waals surface area contributed by atoms with E-state index < -0.39 is 0 Å². The van der Waals surface area contributed by atoms with Crippen LogP contribution in [0.3, 0.4) is 0 Å². The number of aliphatic hydroxyl groups is 1. The summed E-state index contributed by atoms with van der Waals surface area (Å²) in [6, 6.07) is 16.4. The molecular weight excluding hydrogens is 637 g/mol. The molecule has 3 aromatic rings. The van der Waals surface area contributed by atoms with Crippen LogP contribution in [0.25, 0.3) is 46.4 Å². The maximum atomic E-state index is 10.2. The molecule has 3 N–H and O–H groups in total. The van der Waals surface area contributed by atoms with Gasteiger partial charge in [-0.3, -0.25) is 0 Å². The zero-order valence-corrected chi connectivity index (χ0v) is 32.2. The van der Waals surface area contributed by atoms with Crippen LogP contribution in [0.2, 0.25) is 0 Å². The first-order chi connectivity index (χ1) is 25.1. The van der Waals surface area contributed by atoms with E-state index >= 15 is 0 Å². The summed E-state index contributed by atoms with van der Waals surface area (Å²) in [6.45, 7) is 12.6. The molecule has 0 aromatic carbocycles. The smallest absolute Gasteiger partial charge is 0.0658 e. The number of H-pyrrole nitrogens is 2. The van der Waals surface area contributed by atoms with Crippen molar-refractivity contribution in [2.75, 3.05) is 0 Å². The Labute approximate surface area is 311 Å². The molecule has 5 heteroatoms. The predicted octanol–water partition coefficient (Wildman–Crippen LogP) is 12.0. The molecule has 0 radical (unpaired) electrons. The molecule has 2 aliphatic heterocycles. The number of allylic oxidation sites excluding steroid dienone is 1. The van der Waals surface area contributed by atoms with Gasteiger partial charge < -0.3 is 15.1 Å². The van der Waals surface area contributed by atoms with E-state index in [-0.39, 0.29) is 6.10 Å². The van der Waals surface area contributed by atoms with Crippen LogP contribution >= 0.6 is 0 Å². The maximum Gasteiger partial charge on any atom is 0.0658 e. The SMILES string of the molecule is C1=Cc2cc3ccc(cc4nc(cc5ccc(cc1n2)[nH]5)C=C4)[nH]3.CC(C)CCC[C@@H](C)[C@H]1CC[C@H]2[C@@H]3CC=C4C[C@@H](O)CC[C@]4(C)[C@H]3CC[C@]12C. The first kappa shape index (κ1) is 35.3. The van der Waals surface area contributed by atoms with E-state index in [1.165, 1.54) is 57.8 Å². The molecule has 4 aliphatic carbocycles. The normalized spacial score (nSPS) is 30.9. The van der Waals surface area contributed by atoms with Gasteiger partial charge in [0.25, 0.3) is 0 Å². The van der Waals surface area contributed by atoms with Crippen molar-refractivity contribution in [1.82, 2.24) is 19.9 Å². The minimum absolute atomic E-state index is 0.0766. The van der Waals surface area contributed by atoms with Crippen LogP contribution in [0.4, 0.5) is 0 Å². The van der Waals surface area contributed by atoms with Crippen molar-refractivity contribution < 1.29 is 5.11 Å². The second kappa shape index (κ2) is 14.3. The number of aromatic amines is 2. The Bertz CT molecular complexity index is 1850. The molecule has 0 unspecified atom stereocenters. The molecule has 3 saturated carbocycles. The Morgan fingerprint density at radius 3 is 1.81 bits per heavy atom. The van der Waals surface area contributed by atoms with E-state index in [0.717, 1.165) is 93.2 Å². The van der Waals surface area contributed by atoms with Crippen molar-refractivity contribution in [1.29, 1.82) is 0 Å². The van der Waals surface area contributed by atoms with Gasteiger partial charge in [-0.1, -0.05) is 65.5 Å². The number of nitrogens with one attached hydrogen (secondary N) is 2. The molecule has 3 aromatic heterocycles.